The Morgan fingerprint density at radius 1 is 1.45 bits per heavy atom. The van der Waals surface area contributed by atoms with Gasteiger partial charge in [0.25, 0.3) is 10.0 Å². The molecule has 0 unspecified atom stereocenters. The summed E-state index contributed by atoms with van der Waals surface area (Å²) in [4.78, 5) is 11.1. The standard InChI is InChI=1S/C11H15N5O4S2/c1-3-16-7-8(6-12-16)22(18,19)15-11-14-13-9(21-11)4-5-10(17)20-2/h6-7H,3-5H2,1-2H3,(H,14,15). The van der Waals surface area contributed by atoms with Gasteiger partial charge in [-0.3, -0.25) is 14.2 Å². The lowest BCUT2D eigenvalue weighted by Crippen LogP contribution is -2.12. The van der Waals surface area contributed by atoms with Crippen LogP contribution in [0.1, 0.15) is 18.4 Å². The molecule has 2 aromatic heterocycles. The number of nitrogens with one attached hydrogen (secondary N) is 1. The van der Waals surface area contributed by atoms with Gasteiger partial charge in [0.15, 0.2) is 0 Å². The fourth-order valence-electron chi connectivity index (χ4n) is 1.54. The molecule has 0 bridgehead atoms. The molecule has 0 aromatic carbocycles. The number of aryl methyl sites for hydroxylation is 2. The zero-order valence-corrected chi connectivity index (χ0v) is 13.6. The van der Waals surface area contributed by atoms with Crippen LogP contribution in [0.25, 0.3) is 0 Å². The van der Waals surface area contributed by atoms with Crippen LogP contribution in [0, 0.1) is 0 Å². The van der Waals surface area contributed by atoms with Gasteiger partial charge in [-0.15, -0.1) is 10.2 Å². The minimum Gasteiger partial charge on any atom is -0.469 e. The predicted octanol–water partition coefficient (Wildman–Crippen LogP) is 0.661. The van der Waals surface area contributed by atoms with E-state index in [-0.39, 0.29) is 22.4 Å². The Hall–Kier alpha value is -2.01. The van der Waals surface area contributed by atoms with Crippen molar-refractivity contribution < 1.29 is 17.9 Å². The predicted molar refractivity (Wildman–Crippen MR) is 79.0 cm³/mol. The first-order valence-corrected chi connectivity index (χ1v) is 8.69. The molecule has 1 N–H and O–H groups in total. The van der Waals surface area contributed by atoms with E-state index in [1.54, 1.807) is 0 Å². The highest BCUT2D eigenvalue weighted by atomic mass is 32.2. The van der Waals surface area contributed by atoms with Crippen LogP contribution in [0.5, 0.6) is 0 Å². The zero-order valence-electron chi connectivity index (χ0n) is 12.0. The van der Waals surface area contributed by atoms with Crippen LogP contribution in [0.2, 0.25) is 0 Å². The number of methoxy groups -OCH3 is 1. The Bertz CT molecular complexity index is 752. The number of anilines is 1. The Labute approximate surface area is 131 Å². The maximum atomic E-state index is 12.2. The summed E-state index contributed by atoms with van der Waals surface area (Å²) in [5.41, 5.74) is 0. The molecule has 0 aliphatic heterocycles. The molecule has 0 saturated heterocycles. The Kier molecular flexibility index (Phi) is 5.08. The maximum Gasteiger partial charge on any atom is 0.305 e. The molecule has 22 heavy (non-hydrogen) atoms. The van der Waals surface area contributed by atoms with Gasteiger partial charge in [-0.1, -0.05) is 11.3 Å². The summed E-state index contributed by atoms with van der Waals surface area (Å²) >= 11 is 1.07. The number of carbonyl (C=O) groups excluding carboxylic acids is 1. The van der Waals surface area contributed by atoms with Gasteiger partial charge < -0.3 is 4.74 Å². The van der Waals surface area contributed by atoms with Crippen LogP contribution in [-0.2, 0) is 32.5 Å². The number of ether oxygens (including phenoxy) is 1. The summed E-state index contributed by atoms with van der Waals surface area (Å²) in [5, 5.41) is 12.2. The third kappa shape index (κ3) is 4.01. The molecule has 0 saturated carbocycles. The first-order valence-electron chi connectivity index (χ1n) is 6.39. The zero-order chi connectivity index (χ0) is 16.2. The van der Waals surface area contributed by atoms with E-state index >= 15 is 0 Å². The van der Waals surface area contributed by atoms with Gasteiger partial charge in [-0.05, 0) is 6.92 Å². The van der Waals surface area contributed by atoms with E-state index < -0.39 is 10.0 Å². The highest BCUT2D eigenvalue weighted by molar-refractivity contribution is 7.93. The topological polar surface area (TPSA) is 116 Å². The molecule has 2 rings (SSSR count). The van der Waals surface area contributed by atoms with E-state index in [1.807, 2.05) is 6.92 Å². The normalized spacial score (nSPS) is 11.4. The van der Waals surface area contributed by atoms with Crippen molar-refractivity contribution in [3.63, 3.8) is 0 Å². The lowest BCUT2D eigenvalue weighted by Gasteiger charge is -2.00. The van der Waals surface area contributed by atoms with Gasteiger partial charge >= 0.3 is 5.97 Å². The summed E-state index contributed by atoms with van der Waals surface area (Å²) in [7, 11) is -2.44. The van der Waals surface area contributed by atoms with Gasteiger partial charge in [-0.2, -0.15) is 5.10 Å². The summed E-state index contributed by atoms with van der Waals surface area (Å²) in [5.74, 6) is -0.357. The number of aromatic nitrogens is 4. The van der Waals surface area contributed by atoms with Crippen molar-refractivity contribution in [2.24, 2.45) is 0 Å². The van der Waals surface area contributed by atoms with Crippen LogP contribution in [0.15, 0.2) is 17.3 Å². The van der Waals surface area contributed by atoms with Crippen LogP contribution in [0.4, 0.5) is 5.13 Å². The monoisotopic (exact) mass is 345 g/mol. The smallest absolute Gasteiger partial charge is 0.305 e. The summed E-state index contributed by atoms with van der Waals surface area (Å²) in [6.07, 6.45) is 3.22. The quantitative estimate of drug-likeness (QED) is 0.733. The largest absolute Gasteiger partial charge is 0.469 e. The fourth-order valence-corrected chi connectivity index (χ4v) is 3.46. The van der Waals surface area contributed by atoms with E-state index in [1.165, 1.54) is 24.2 Å². The third-order valence-corrected chi connectivity index (χ3v) is 5.02. The Morgan fingerprint density at radius 3 is 2.86 bits per heavy atom. The fraction of sp³-hybridized carbons (Fsp3) is 0.455. The number of esters is 1. The van der Waals surface area contributed by atoms with Gasteiger partial charge in [0.2, 0.25) is 5.13 Å². The average molecular weight is 345 g/mol. The van der Waals surface area contributed by atoms with Crippen molar-refractivity contribution >= 4 is 32.5 Å². The molecule has 0 atom stereocenters. The Balaban J connectivity index is 2.04. The molecule has 0 spiro atoms. The summed E-state index contributed by atoms with van der Waals surface area (Å²) < 4.78 is 32.7. The van der Waals surface area contributed by atoms with E-state index in [2.05, 4.69) is 24.8 Å². The molecular formula is C11H15N5O4S2. The van der Waals surface area contributed by atoms with Crippen molar-refractivity contribution in [2.75, 3.05) is 11.8 Å². The van der Waals surface area contributed by atoms with Crippen molar-refractivity contribution in [1.82, 2.24) is 20.0 Å². The van der Waals surface area contributed by atoms with Crippen molar-refractivity contribution in [2.45, 2.75) is 31.2 Å². The summed E-state index contributed by atoms with van der Waals surface area (Å²) in [6, 6.07) is 0. The van der Waals surface area contributed by atoms with Crippen LogP contribution >= 0.6 is 11.3 Å². The lowest BCUT2D eigenvalue weighted by molar-refractivity contribution is -0.140. The molecule has 0 radical (unpaired) electrons. The number of sulfonamides is 1. The number of nitrogens with zero attached hydrogens (tertiary/aromatic N) is 4. The minimum atomic E-state index is -3.74. The van der Waals surface area contributed by atoms with Gasteiger partial charge in [0.05, 0.1) is 19.7 Å². The van der Waals surface area contributed by atoms with Crippen molar-refractivity contribution in [3.05, 3.63) is 17.4 Å². The molecule has 0 aliphatic carbocycles. The molecule has 2 heterocycles. The van der Waals surface area contributed by atoms with Crippen LogP contribution < -0.4 is 4.72 Å². The minimum absolute atomic E-state index is 0.0562. The Morgan fingerprint density at radius 2 is 2.23 bits per heavy atom. The van der Waals surface area contributed by atoms with E-state index in [4.69, 9.17) is 0 Å². The van der Waals surface area contributed by atoms with E-state index in [0.717, 1.165) is 11.3 Å². The van der Waals surface area contributed by atoms with Crippen molar-refractivity contribution in [3.8, 4) is 0 Å². The summed E-state index contributed by atoms with van der Waals surface area (Å²) in [6.45, 7) is 2.43. The molecular weight excluding hydrogens is 330 g/mol. The molecule has 0 aliphatic rings. The van der Waals surface area contributed by atoms with Crippen LogP contribution in [-0.4, -0.2) is 41.5 Å². The number of hydrogen-bond donors (Lipinski definition) is 1. The molecule has 11 heteroatoms. The first-order chi connectivity index (χ1) is 10.4. The SMILES string of the molecule is CCn1cc(S(=O)(=O)Nc2nnc(CCC(=O)OC)s2)cn1. The number of rotatable bonds is 7. The third-order valence-electron chi connectivity index (χ3n) is 2.70. The molecule has 0 amide bonds. The molecule has 0 fully saturated rings. The molecule has 120 valence electrons. The van der Waals surface area contributed by atoms with Gasteiger partial charge in [-0.25, -0.2) is 8.42 Å². The maximum absolute atomic E-state index is 12.2. The molecule has 9 nitrogen and oxygen atoms in total. The van der Waals surface area contributed by atoms with E-state index in [0.29, 0.717) is 18.0 Å². The van der Waals surface area contributed by atoms with Gasteiger partial charge in [0, 0.05) is 19.2 Å². The molecule has 2 aromatic rings. The lowest BCUT2D eigenvalue weighted by atomic mass is 10.3. The first kappa shape index (κ1) is 16.4. The second-order valence-corrected chi connectivity index (χ2v) is 6.96. The van der Waals surface area contributed by atoms with Gasteiger partial charge in [0.1, 0.15) is 9.90 Å². The van der Waals surface area contributed by atoms with E-state index in [9.17, 15) is 13.2 Å². The highest BCUT2D eigenvalue weighted by Crippen LogP contribution is 2.20. The second-order valence-electron chi connectivity index (χ2n) is 4.21. The van der Waals surface area contributed by atoms with Crippen LogP contribution in [0.3, 0.4) is 0 Å². The number of hydrogen-bond acceptors (Lipinski definition) is 8. The average Bonchev–Trinajstić information content (AvgIpc) is 3.13. The highest BCUT2D eigenvalue weighted by Gasteiger charge is 2.19. The van der Waals surface area contributed by atoms with Crippen molar-refractivity contribution in [1.29, 1.82) is 0 Å². The second kappa shape index (κ2) is 6.83. The number of carbonyl (C=O) groups is 1.